The first-order chi connectivity index (χ1) is 14.1. The van der Waals surface area contributed by atoms with Gasteiger partial charge in [0.25, 0.3) is 0 Å². The number of hydrogen-bond donors (Lipinski definition) is 0. The molecule has 4 aromatic rings. The quantitative estimate of drug-likeness (QED) is 0.492. The molecule has 3 heterocycles. The Hall–Kier alpha value is -3.25. The van der Waals surface area contributed by atoms with Crippen LogP contribution in [0.5, 0.6) is 0 Å². The van der Waals surface area contributed by atoms with Crippen LogP contribution in [0, 0.1) is 5.82 Å². The van der Waals surface area contributed by atoms with Gasteiger partial charge in [-0.25, -0.2) is 9.37 Å². The average Bonchev–Trinajstić information content (AvgIpc) is 3.44. The van der Waals surface area contributed by atoms with Gasteiger partial charge in [-0.3, -0.25) is 9.67 Å². The number of aryl methyl sites for hydroxylation is 1. The molecule has 0 N–H and O–H groups in total. The first kappa shape index (κ1) is 17.8. The van der Waals surface area contributed by atoms with Gasteiger partial charge in [0.15, 0.2) is 0 Å². The first-order valence-electron chi connectivity index (χ1n) is 9.24. The molecule has 3 aromatic heterocycles. The number of hydrogen-bond acceptors (Lipinski definition) is 3. The summed E-state index contributed by atoms with van der Waals surface area (Å²) in [5.41, 5.74) is 6.53. The number of aromatic nitrogens is 5. The van der Waals surface area contributed by atoms with Gasteiger partial charge < -0.3 is 4.57 Å². The minimum absolute atomic E-state index is 0.0765. The Morgan fingerprint density at radius 3 is 2.86 bits per heavy atom. The van der Waals surface area contributed by atoms with E-state index in [1.807, 2.05) is 31.6 Å². The molecule has 0 amide bonds. The van der Waals surface area contributed by atoms with Crippen molar-refractivity contribution in [1.29, 1.82) is 0 Å². The molecule has 0 saturated heterocycles. The third-order valence-electron chi connectivity index (χ3n) is 5.06. The number of imidazole rings is 1. The topological polar surface area (TPSA) is 48.5 Å². The number of halogens is 2. The standard InChI is InChI=1S/C22H17ClFN5/c1-28-10-8-15(27-28)12-29-13-26-21(14-5-6-19(24)18(23)11-14)22(29)17-7-9-25-20-4-2-3-16(17)20/h2-3,5-11,13H,4,12H2,1H3. The molecule has 1 aliphatic rings. The van der Waals surface area contributed by atoms with Crippen molar-refractivity contribution < 1.29 is 4.39 Å². The predicted molar refractivity (Wildman–Crippen MR) is 111 cm³/mol. The second-order valence-electron chi connectivity index (χ2n) is 7.00. The molecule has 1 aliphatic carbocycles. The van der Waals surface area contributed by atoms with Crippen molar-refractivity contribution in [2.75, 3.05) is 0 Å². The zero-order chi connectivity index (χ0) is 20.0. The molecule has 29 heavy (non-hydrogen) atoms. The van der Waals surface area contributed by atoms with Crippen LogP contribution in [-0.2, 0) is 20.0 Å². The van der Waals surface area contributed by atoms with Gasteiger partial charge in [-0.05, 0) is 30.3 Å². The molecule has 0 saturated carbocycles. The monoisotopic (exact) mass is 405 g/mol. The lowest BCUT2D eigenvalue weighted by molar-refractivity contribution is 0.628. The highest BCUT2D eigenvalue weighted by atomic mass is 35.5. The lowest BCUT2D eigenvalue weighted by Gasteiger charge is -2.13. The van der Waals surface area contributed by atoms with E-state index < -0.39 is 5.82 Å². The van der Waals surface area contributed by atoms with Gasteiger partial charge in [-0.1, -0.05) is 23.8 Å². The second-order valence-corrected chi connectivity index (χ2v) is 7.41. The summed E-state index contributed by atoms with van der Waals surface area (Å²) in [7, 11) is 1.89. The minimum atomic E-state index is -0.447. The summed E-state index contributed by atoms with van der Waals surface area (Å²) in [4.78, 5) is 9.16. The zero-order valence-corrected chi connectivity index (χ0v) is 16.4. The third-order valence-corrected chi connectivity index (χ3v) is 5.35. The number of benzene rings is 1. The maximum Gasteiger partial charge on any atom is 0.141 e. The summed E-state index contributed by atoms with van der Waals surface area (Å²) in [5, 5.41) is 4.57. The number of allylic oxidation sites excluding steroid dienone is 1. The summed E-state index contributed by atoms with van der Waals surface area (Å²) in [6, 6.07) is 8.67. The van der Waals surface area contributed by atoms with Gasteiger partial charge in [0.1, 0.15) is 5.82 Å². The Kier molecular flexibility index (Phi) is 4.28. The molecule has 0 bridgehead atoms. The summed E-state index contributed by atoms with van der Waals surface area (Å²) in [6.07, 6.45) is 10.5. The number of rotatable bonds is 4. The lowest BCUT2D eigenvalue weighted by Crippen LogP contribution is -2.04. The predicted octanol–water partition coefficient (Wildman–Crippen LogP) is 4.76. The molecule has 0 aliphatic heterocycles. The second kappa shape index (κ2) is 6.97. The summed E-state index contributed by atoms with van der Waals surface area (Å²) in [5.74, 6) is -0.447. The van der Waals surface area contributed by atoms with Crippen LogP contribution in [0.1, 0.15) is 17.0 Å². The Morgan fingerprint density at radius 1 is 1.17 bits per heavy atom. The van der Waals surface area contributed by atoms with E-state index in [4.69, 9.17) is 11.6 Å². The molecule has 5 nitrogen and oxygen atoms in total. The highest BCUT2D eigenvalue weighted by Gasteiger charge is 2.21. The largest absolute Gasteiger partial charge is 0.324 e. The summed E-state index contributed by atoms with van der Waals surface area (Å²) < 4.78 is 17.6. The molecule has 5 rings (SSSR count). The van der Waals surface area contributed by atoms with E-state index in [1.54, 1.807) is 23.1 Å². The number of nitrogens with zero attached hydrogens (tertiary/aromatic N) is 5. The van der Waals surface area contributed by atoms with Crippen molar-refractivity contribution in [1.82, 2.24) is 24.3 Å². The molecule has 7 heteroatoms. The molecule has 0 atom stereocenters. The van der Waals surface area contributed by atoms with Gasteiger partial charge >= 0.3 is 0 Å². The van der Waals surface area contributed by atoms with E-state index in [9.17, 15) is 4.39 Å². The van der Waals surface area contributed by atoms with Crippen LogP contribution in [0.25, 0.3) is 28.6 Å². The average molecular weight is 406 g/mol. The fourth-order valence-electron chi connectivity index (χ4n) is 3.72. The number of pyridine rings is 1. The van der Waals surface area contributed by atoms with Crippen LogP contribution in [0.3, 0.4) is 0 Å². The van der Waals surface area contributed by atoms with Crippen LogP contribution >= 0.6 is 11.6 Å². The van der Waals surface area contributed by atoms with E-state index >= 15 is 0 Å². The smallest absolute Gasteiger partial charge is 0.141 e. The molecular weight excluding hydrogens is 389 g/mol. The van der Waals surface area contributed by atoms with Crippen LogP contribution < -0.4 is 0 Å². The highest BCUT2D eigenvalue weighted by Crippen LogP contribution is 2.37. The molecular formula is C22H17ClFN5. The van der Waals surface area contributed by atoms with E-state index in [0.29, 0.717) is 6.54 Å². The van der Waals surface area contributed by atoms with Gasteiger partial charge in [0.05, 0.1) is 40.7 Å². The third kappa shape index (κ3) is 3.15. The molecule has 1 aromatic carbocycles. The summed E-state index contributed by atoms with van der Waals surface area (Å²) in [6.45, 7) is 0.568. The summed E-state index contributed by atoms with van der Waals surface area (Å²) >= 11 is 6.05. The fourth-order valence-corrected chi connectivity index (χ4v) is 3.90. The van der Waals surface area contributed by atoms with Crippen LogP contribution in [-0.4, -0.2) is 24.3 Å². The van der Waals surface area contributed by atoms with Crippen molar-refractivity contribution in [2.24, 2.45) is 7.05 Å². The van der Waals surface area contributed by atoms with Crippen molar-refractivity contribution >= 4 is 17.7 Å². The molecule has 0 unspecified atom stereocenters. The zero-order valence-electron chi connectivity index (χ0n) is 15.7. The minimum Gasteiger partial charge on any atom is -0.324 e. The fraction of sp³-hybridized carbons (Fsp3) is 0.136. The van der Waals surface area contributed by atoms with Gasteiger partial charge in [-0.2, -0.15) is 5.10 Å². The van der Waals surface area contributed by atoms with Crippen molar-refractivity contribution in [3.8, 4) is 22.5 Å². The van der Waals surface area contributed by atoms with E-state index in [0.717, 1.165) is 45.9 Å². The maximum atomic E-state index is 13.7. The van der Waals surface area contributed by atoms with Crippen LogP contribution in [0.2, 0.25) is 5.02 Å². The van der Waals surface area contributed by atoms with Gasteiger partial charge in [0.2, 0.25) is 0 Å². The van der Waals surface area contributed by atoms with Gasteiger partial charge in [-0.15, -0.1) is 0 Å². The Bertz CT molecular complexity index is 1250. The lowest BCUT2D eigenvalue weighted by atomic mass is 10.0. The normalized spacial score (nSPS) is 12.5. The van der Waals surface area contributed by atoms with Crippen molar-refractivity contribution in [2.45, 2.75) is 13.0 Å². The van der Waals surface area contributed by atoms with Gasteiger partial charge in [0, 0.05) is 42.6 Å². The Balaban J connectivity index is 1.71. The van der Waals surface area contributed by atoms with E-state index in [-0.39, 0.29) is 5.02 Å². The van der Waals surface area contributed by atoms with E-state index in [1.165, 1.54) is 6.07 Å². The van der Waals surface area contributed by atoms with Crippen molar-refractivity contribution in [3.63, 3.8) is 0 Å². The SMILES string of the molecule is Cn1ccc(Cn2cnc(-c3ccc(F)c(Cl)c3)c2-c2ccnc3c2C=CC3)n1. The van der Waals surface area contributed by atoms with Crippen LogP contribution in [0.15, 0.2) is 55.1 Å². The Morgan fingerprint density at radius 2 is 2.07 bits per heavy atom. The molecule has 0 spiro atoms. The first-order valence-corrected chi connectivity index (χ1v) is 9.62. The molecule has 144 valence electrons. The van der Waals surface area contributed by atoms with Crippen molar-refractivity contribution in [3.05, 3.63) is 82.9 Å². The maximum absolute atomic E-state index is 13.7. The molecule has 0 fully saturated rings. The number of fused-ring (bicyclic) bond motifs is 1. The molecule has 0 radical (unpaired) electrons. The highest BCUT2D eigenvalue weighted by molar-refractivity contribution is 6.31. The Labute approximate surface area is 172 Å². The van der Waals surface area contributed by atoms with E-state index in [2.05, 4.69) is 31.8 Å². The van der Waals surface area contributed by atoms with Crippen LogP contribution in [0.4, 0.5) is 4.39 Å².